The summed E-state index contributed by atoms with van der Waals surface area (Å²) < 4.78 is 0. The van der Waals surface area contributed by atoms with Crippen LogP contribution in [0.1, 0.15) is 95.1 Å². The van der Waals surface area contributed by atoms with Gasteiger partial charge < -0.3 is 20.2 Å². The van der Waals surface area contributed by atoms with Crippen molar-refractivity contribution in [2.75, 3.05) is 13.2 Å². The third-order valence-electron chi connectivity index (χ3n) is 8.14. The Morgan fingerprint density at radius 1 is 1.12 bits per heavy atom. The van der Waals surface area contributed by atoms with Gasteiger partial charge in [-0.1, -0.05) is 45.2 Å². The Labute approximate surface area is 197 Å². The zero-order valence-electron chi connectivity index (χ0n) is 20.1. The number of aromatic hydroxyl groups is 1. The molecule has 0 aliphatic heterocycles. The minimum Gasteiger partial charge on any atom is -0.508 e. The van der Waals surface area contributed by atoms with Gasteiger partial charge in [0.1, 0.15) is 5.75 Å². The maximum absolute atomic E-state index is 11.0. The second-order valence-electron chi connectivity index (χ2n) is 10.9. The molecule has 7 nitrogen and oxygen atoms in total. The van der Waals surface area contributed by atoms with Crippen LogP contribution in [0.3, 0.4) is 0 Å². The molecule has 2 aliphatic rings. The number of fused-ring (bicyclic) bond motifs is 1. The highest BCUT2D eigenvalue weighted by molar-refractivity contribution is 5.42. The molecule has 7 heteroatoms. The summed E-state index contributed by atoms with van der Waals surface area (Å²) >= 11 is 0. The Kier molecular flexibility index (Phi) is 8.99. The fourth-order valence-corrected chi connectivity index (χ4v) is 6.17. The number of unbranched alkanes of at least 4 members (excludes halogenated alkanes) is 3. The van der Waals surface area contributed by atoms with Crippen LogP contribution in [0.2, 0.25) is 0 Å². The highest BCUT2D eigenvalue weighted by atomic mass is 16.9. The smallest absolute Gasteiger partial charge is 0.294 e. The summed E-state index contributed by atoms with van der Waals surface area (Å²) in [4.78, 5) is 14.5. The van der Waals surface area contributed by atoms with Gasteiger partial charge in [0, 0.05) is 6.61 Å². The van der Waals surface area contributed by atoms with Crippen LogP contribution < -0.4 is 0 Å². The molecule has 0 spiro atoms. The number of nitrogens with zero attached hydrogens (tertiary/aromatic N) is 1. The normalized spacial score (nSPS) is 27.7. The summed E-state index contributed by atoms with van der Waals surface area (Å²) in [5, 5.41) is 40.7. The van der Waals surface area contributed by atoms with E-state index < -0.39 is 5.09 Å². The minimum absolute atomic E-state index is 0.0885. The van der Waals surface area contributed by atoms with Crippen molar-refractivity contribution in [3.8, 4) is 5.75 Å². The number of aliphatic hydroxyl groups is 2. The third kappa shape index (κ3) is 6.82. The Hall–Kier alpha value is -1.86. The molecule has 1 aromatic carbocycles. The molecule has 0 saturated heterocycles. The number of hydrogen-bond acceptors (Lipinski definition) is 6. The van der Waals surface area contributed by atoms with Gasteiger partial charge in [-0.05, 0) is 91.2 Å². The first-order valence-electron chi connectivity index (χ1n) is 12.6. The number of hydrogen-bond donors (Lipinski definition) is 3. The van der Waals surface area contributed by atoms with Gasteiger partial charge in [0.05, 0.1) is 12.7 Å². The van der Waals surface area contributed by atoms with Gasteiger partial charge in [0.15, 0.2) is 0 Å². The molecule has 5 atom stereocenters. The Bertz CT molecular complexity index is 782. The quantitative estimate of drug-likeness (QED) is 0.239. The van der Waals surface area contributed by atoms with Crippen molar-refractivity contribution in [1.29, 1.82) is 0 Å². The SMILES string of the molecule is CC(C)(CCCCCCO[N+](=O)[O-])c1ccc([C@@H]2C[C@H](O)C[C@@H]3CC[C@H](CO)C[C@H]32)c(O)c1. The largest absolute Gasteiger partial charge is 0.508 e. The van der Waals surface area contributed by atoms with E-state index >= 15 is 0 Å². The number of phenolic OH excluding ortho intramolecular Hbond substituents is 1. The Morgan fingerprint density at radius 3 is 2.58 bits per heavy atom. The second-order valence-corrected chi connectivity index (χ2v) is 10.9. The van der Waals surface area contributed by atoms with Crippen LogP contribution in [0, 0.1) is 27.9 Å². The Morgan fingerprint density at radius 2 is 1.88 bits per heavy atom. The van der Waals surface area contributed by atoms with E-state index in [9.17, 15) is 25.4 Å². The fraction of sp³-hybridized carbons (Fsp3) is 0.769. The van der Waals surface area contributed by atoms with E-state index in [0.717, 1.165) is 62.5 Å². The van der Waals surface area contributed by atoms with Crippen molar-refractivity contribution in [2.24, 2.45) is 17.8 Å². The molecule has 2 saturated carbocycles. The van der Waals surface area contributed by atoms with Crippen molar-refractivity contribution in [2.45, 2.75) is 95.5 Å². The minimum atomic E-state index is -0.743. The molecule has 3 rings (SSSR count). The summed E-state index contributed by atoms with van der Waals surface area (Å²) in [6, 6.07) is 6.09. The average molecular weight is 464 g/mol. The third-order valence-corrected chi connectivity index (χ3v) is 8.14. The molecule has 0 aromatic heterocycles. The first-order chi connectivity index (χ1) is 15.7. The molecule has 0 heterocycles. The van der Waals surface area contributed by atoms with E-state index in [0.29, 0.717) is 36.3 Å². The van der Waals surface area contributed by atoms with E-state index in [-0.39, 0.29) is 30.7 Å². The number of phenols is 1. The van der Waals surface area contributed by atoms with Crippen molar-refractivity contribution >= 4 is 0 Å². The van der Waals surface area contributed by atoms with Crippen LogP contribution in [0.4, 0.5) is 0 Å². The first-order valence-corrected chi connectivity index (χ1v) is 12.6. The summed E-state index contributed by atoms with van der Waals surface area (Å²) in [6.07, 6.45) is 8.78. The predicted molar refractivity (Wildman–Crippen MR) is 127 cm³/mol. The molecule has 2 fully saturated rings. The molecule has 0 radical (unpaired) electrons. The summed E-state index contributed by atoms with van der Waals surface area (Å²) in [5.41, 5.74) is 1.95. The lowest BCUT2D eigenvalue weighted by Crippen LogP contribution is -2.38. The zero-order valence-corrected chi connectivity index (χ0v) is 20.1. The van der Waals surface area contributed by atoms with Crippen LogP contribution in [-0.4, -0.2) is 39.7 Å². The lowest BCUT2D eigenvalue weighted by molar-refractivity contribution is -0.757. The molecule has 0 amide bonds. The molecule has 1 aromatic rings. The molecule has 0 unspecified atom stereocenters. The maximum Gasteiger partial charge on any atom is 0.294 e. The van der Waals surface area contributed by atoms with Crippen LogP contribution >= 0.6 is 0 Å². The monoisotopic (exact) mass is 463 g/mol. The first kappa shape index (κ1) is 25.8. The second kappa shape index (κ2) is 11.5. The highest BCUT2D eigenvalue weighted by Gasteiger charge is 2.42. The lowest BCUT2D eigenvalue weighted by Gasteiger charge is -2.46. The predicted octanol–water partition coefficient (Wildman–Crippen LogP) is 5.09. The van der Waals surface area contributed by atoms with Crippen molar-refractivity contribution in [3.05, 3.63) is 39.4 Å². The summed E-state index contributed by atoms with van der Waals surface area (Å²) in [5.74, 6) is 1.65. The van der Waals surface area contributed by atoms with Crippen LogP contribution in [0.15, 0.2) is 18.2 Å². The van der Waals surface area contributed by atoms with E-state index in [4.69, 9.17) is 0 Å². The van der Waals surface area contributed by atoms with Gasteiger partial charge in [0.25, 0.3) is 5.09 Å². The van der Waals surface area contributed by atoms with Gasteiger partial charge in [-0.15, -0.1) is 10.1 Å². The highest BCUT2D eigenvalue weighted by Crippen LogP contribution is 2.51. The zero-order chi connectivity index (χ0) is 24.0. The summed E-state index contributed by atoms with van der Waals surface area (Å²) in [7, 11) is 0. The maximum atomic E-state index is 11.0. The van der Waals surface area contributed by atoms with Crippen molar-refractivity contribution < 1.29 is 25.2 Å². The van der Waals surface area contributed by atoms with E-state index in [1.165, 1.54) is 0 Å². The van der Waals surface area contributed by atoms with Gasteiger partial charge in [-0.3, -0.25) is 0 Å². The van der Waals surface area contributed by atoms with Crippen molar-refractivity contribution in [1.82, 2.24) is 0 Å². The molecule has 33 heavy (non-hydrogen) atoms. The Balaban J connectivity index is 1.61. The number of benzene rings is 1. The number of aliphatic hydroxyl groups excluding tert-OH is 2. The average Bonchev–Trinajstić information content (AvgIpc) is 2.77. The van der Waals surface area contributed by atoms with E-state index in [1.54, 1.807) is 0 Å². The van der Waals surface area contributed by atoms with Gasteiger partial charge >= 0.3 is 0 Å². The van der Waals surface area contributed by atoms with E-state index in [2.05, 4.69) is 30.8 Å². The number of rotatable bonds is 11. The fourth-order valence-electron chi connectivity index (χ4n) is 6.17. The summed E-state index contributed by atoms with van der Waals surface area (Å²) in [6.45, 7) is 4.75. The molecule has 2 aliphatic carbocycles. The van der Waals surface area contributed by atoms with Gasteiger partial charge in [-0.2, -0.15) is 0 Å². The van der Waals surface area contributed by atoms with Gasteiger partial charge in [-0.25, -0.2) is 0 Å². The van der Waals surface area contributed by atoms with Crippen LogP contribution in [0.5, 0.6) is 5.75 Å². The topological polar surface area (TPSA) is 113 Å². The molecular formula is C26H41NO6. The van der Waals surface area contributed by atoms with Gasteiger partial charge in [0.2, 0.25) is 0 Å². The van der Waals surface area contributed by atoms with Crippen molar-refractivity contribution in [3.63, 3.8) is 0 Å². The van der Waals surface area contributed by atoms with Crippen LogP contribution in [-0.2, 0) is 10.3 Å². The molecule has 3 N–H and O–H groups in total. The lowest BCUT2D eigenvalue weighted by atomic mass is 9.60. The molecule has 0 bridgehead atoms. The molecular weight excluding hydrogens is 422 g/mol. The van der Waals surface area contributed by atoms with E-state index in [1.807, 2.05) is 6.07 Å². The standard InChI is InChI=1S/C26H41NO6/c1-26(2,11-5-3-4-6-12-33-27(31)32)20-9-10-22(25(30)15-20)24-16-21(29)14-19-8-7-18(17-28)13-23(19)24/h9-10,15,18-19,21,23-24,28-30H,3-8,11-14,16-17H2,1-2H3/t18-,19-,21+,23+,24-/m0/s1. The van der Waals surface area contributed by atoms with Crippen LogP contribution in [0.25, 0.3) is 0 Å². The molecule has 186 valence electrons.